The molecule has 1 aliphatic heterocycles. The van der Waals surface area contributed by atoms with Crippen molar-refractivity contribution in [3.63, 3.8) is 0 Å². The number of nitrogens with zero attached hydrogens (tertiary/aromatic N) is 6. The molecule has 1 aromatic heterocycles. The Kier molecular flexibility index (Phi) is 5.53. The summed E-state index contributed by atoms with van der Waals surface area (Å²) in [5.41, 5.74) is 5.34. The van der Waals surface area contributed by atoms with Crippen LogP contribution in [0.5, 0.6) is 0 Å². The number of carbonyl (C=O) groups is 1. The molecule has 2 heterocycles. The first-order valence-corrected chi connectivity index (χ1v) is 10.8. The lowest BCUT2D eigenvalue weighted by molar-refractivity contribution is 0.0747. The number of benzene rings is 2. The lowest BCUT2D eigenvalue weighted by atomic mass is 10.1. The minimum Gasteiger partial charge on any atom is -0.368 e. The highest BCUT2D eigenvalue weighted by Crippen LogP contribution is 2.23. The molecule has 0 atom stereocenters. The molecule has 0 N–H and O–H groups in total. The summed E-state index contributed by atoms with van der Waals surface area (Å²) in [6, 6.07) is 14.0. The van der Waals surface area contributed by atoms with E-state index in [-0.39, 0.29) is 5.91 Å². The molecular formula is C21H24N6OS. The second-order valence-electron chi connectivity index (χ2n) is 7.19. The second-order valence-corrected chi connectivity index (χ2v) is 7.97. The molecule has 8 heteroatoms. The molecule has 1 aliphatic rings. The molecule has 3 aromatic rings. The monoisotopic (exact) mass is 408 g/mol. The van der Waals surface area contributed by atoms with Gasteiger partial charge in [0.25, 0.3) is 5.91 Å². The molecule has 1 fully saturated rings. The third kappa shape index (κ3) is 3.98. The van der Waals surface area contributed by atoms with Crippen molar-refractivity contribution in [2.24, 2.45) is 0 Å². The number of hydrogen-bond acceptors (Lipinski definition) is 6. The third-order valence-corrected chi connectivity index (χ3v) is 5.87. The van der Waals surface area contributed by atoms with Crippen molar-refractivity contribution in [1.29, 1.82) is 0 Å². The van der Waals surface area contributed by atoms with Crippen LogP contribution in [-0.4, -0.2) is 63.4 Å². The highest BCUT2D eigenvalue weighted by atomic mass is 32.2. The SMILES string of the molecule is CSc1nnnn1-c1ccc(C(=O)N2CCN(c3cc(C)ccc3C)CC2)cc1. The van der Waals surface area contributed by atoms with Crippen LogP contribution in [0.4, 0.5) is 5.69 Å². The van der Waals surface area contributed by atoms with E-state index in [0.717, 1.165) is 31.9 Å². The van der Waals surface area contributed by atoms with Crippen LogP contribution in [0.15, 0.2) is 47.6 Å². The summed E-state index contributed by atoms with van der Waals surface area (Å²) in [7, 11) is 0. The van der Waals surface area contributed by atoms with Crippen LogP contribution in [0.2, 0.25) is 0 Å². The first-order chi connectivity index (χ1) is 14.1. The molecule has 150 valence electrons. The van der Waals surface area contributed by atoms with Gasteiger partial charge in [-0.05, 0) is 72.0 Å². The number of aryl methyl sites for hydroxylation is 2. The van der Waals surface area contributed by atoms with Crippen LogP contribution >= 0.6 is 11.8 Å². The minimum atomic E-state index is 0.0685. The van der Waals surface area contributed by atoms with Crippen molar-refractivity contribution in [3.8, 4) is 5.69 Å². The van der Waals surface area contributed by atoms with E-state index in [1.807, 2.05) is 35.4 Å². The van der Waals surface area contributed by atoms with Gasteiger partial charge >= 0.3 is 0 Å². The van der Waals surface area contributed by atoms with E-state index >= 15 is 0 Å². The van der Waals surface area contributed by atoms with Gasteiger partial charge in [0.1, 0.15) is 0 Å². The maximum atomic E-state index is 12.9. The van der Waals surface area contributed by atoms with Crippen LogP contribution in [0.25, 0.3) is 5.69 Å². The smallest absolute Gasteiger partial charge is 0.253 e. The van der Waals surface area contributed by atoms with Crippen LogP contribution in [0, 0.1) is 13.8 Å². The van der Waals surface area contributed by atoms with Gasteiger partial charge in [-0.1, -0.05) is 23.9 Å². The van der Waals surface area contributed by atoms with Crippen molar-refractivity contribution < 1.29 is 4.79 Å². The van der Waals surface area contributed by atoms with E-state index in [1.165, 1.54) is 28.6 Å². The van der Waals surface area contributed by atoms with Crippen molar-refractivity contribution in [1.82, 2.24) is 25.1 Å². The van der Waals surface area contributed by atoms with Crippen LogP contribution in [0.3, 0.4) is 0 Å². The Labute approximate surface area is 174 Å². The lowest BCUT2D eigenvalue weighted by Gasteiger charge is -2.37. The number of amides is 1. The number of thioether (sulfide) groups is 1. The summed E-state index contributed by atoms with van der Waals surface area (Å²) in [6.07, 6.45) is 1.93. The molecule has 0 radical (unpaired) electrons. The van der Waals surface area contributed by atoms with Crippen LogP contribution in [-0.2, 0) is 0 Å². The molecule has 4 rings (SSSR count). The highest BCUT2D eigenvalue weighted by molar-refractivity contribution is 7.98. The first kappa shape index (κ1) is 19.4. The second kappa shape index (κ2) is 8.24. The Bertz CT molecular complexity index is 1010. The van der Waals surface area contributed by atoms with Gasteiger partial charge in [0.05, 0.1) is 5.69 Å². The van der Waals surface area contributed by atoms with Crippen molar-refractivity contribution in [2.45, 2.75) is 19.0 Å². The number of rotatable bonds is 4. The largest absolute Gasteiger partial charge is 0.368 e. The van der Waals surface area contributed by atoms with E-state index in [1.54, 1.807) is 4.68 Å². The van der Waals surface area contributed by atoms with Gasteiger partial charge < -0.3 is 9.80 Å². The average Bonchev–Trinajstić information content (AvgIpc) is 3.24. The average molecular weight is 409 g/mol. The van der Waals surface area contributed by atoms with Gasteiger partial charge in [-0.25, -0.2) is 0 Å². The van der Waals surface area contributed by atoms with E-state index in [9.17, 15) is 4.79 Å². The van der Waals surface area contributed by atoms with Crippen LogP contribution in [0.1, 0.15) is 21.5 Å². The molecule has 0 aliphatic carbocycles. The Balaban J connectivity index is 1.42. The van der Waals surface area contributed by atoms with Crippen molar-refractivity contribution in [3.05, 3.63) is 59.2 Å². The highest BCUT2D eigenvalue weighted by Gasteiger charge is 2.23. The lowest BCUT2D eigenvalue weighted by Crippen LogP contribution is -2.49. The standard InChI is InChI=1S/C21H24N6OS/c1-15-4-5-16(2)19(14-15)25-10-12-26(13-11-25)20(28)17-6-8-18(9-7-17)27-21(29-3)22-23-24-27/h4-9,14H,10-13H2,1-3H3. The summed E-state index contributed by atoms with van der Waals surface area (Å²) in [5, 5.41) is 12.4. The predicted molar refractivity (Wildman–Crippen MR) is 115 cm³/mol. The van der Waals surface area contributed by atoms with Crippen LogP contribution < -0.4 is 4.90 Å². The normalized spacial score (nSPS) is 14.3. The summed E-state index contributed by atoms with van der Waals surface area (Å²) < 4.78 is 1.67. The summed E-state index contributed by atoms with van der Waals surface area (Å²) >= 11 is 1.48. The summed E-state index contributed by atoms with van der Waals surface area (Å²) in [6.45, 7) is 7.38. The third-order valence-electron chi connectivity index (χ3n) is 5.25. The predicted octanol–water partition coefficient (Wildman–Crippen LogP) is 2.96. The Morgan fingerprint density at radius 1 is 1.00 bits per heavy atom. The van der Waals surface area contributed by atoms with E-state index in [4.69, 9.17) is 0 Å². The van der Waals surface area contributed by atoms with Gasteiger partial charge in [0.15, 0.2) is 0 Å². The summed E-state index contributed by atoms with van der Waals surface area (Å²) in [5.74, 6) is 0.0685. The van der Waals surface area contributed by atoms with Gasteiger partial charge in [0, 0.05) is 37.4 Å². The number of anilines is 1. The van der Waals surface area contributed by atoms with Crippen molar-refractivity contribution in [2.75, 3.05) is 37.3 Å². The van der Waals surface area contributed by atoms with Gasteiger partial charge in [0.2, 0.25) is 5.16 Å². The number of hydrogen-bond donors (Lipinski definition) is 0. The van der Waals surface area contributed by atoms with Crippen molar-refractivity contribution >= 4 is 23.4 Å². The van der Waals surface area contributed by atoms with Gasteiger partial charge in [-0.2, -0.15) is 4.68 Å². The Hall–Kier alpha value is -2.87. The van der Waals surface area contributed by atoms with E-state index < -0.39 is 0 Å². The minimum absolute atomic E-state index is 0.0685. The fourth-order valence-corrected chi connectivity index (χ4v) is 4.04. The molecule has 0 unspecified atom stereocenters. The molecular weight excluding hydrogens is 384 g/mol. The number of carbonyl (C=O) groups excluding carboxylic acids is 1. The van der Waals surface area contributed by atoms with E-state index in [2.05, 4.69) is 52.5 Å². The number of aromatic nitrogens is 4. The molecule has 1 amide bonds. The van der Waals surface area contributed by atoms with E-state index in [0.29, 0.717) is 10.7 Å². The molecule has 7 nitrogen and oxygen atoms in total. The van der Waals surface area contributed by atoms with Gasteiger partial charge in [-0.3, -0.25) is 4.79 Å². The topological polar surface area (TPSA) is 67.2 Å². The molecule has 2 aromatic carbocycles. The maximum Gasteiger partial charge on any atom is 0.253 e. The molecule has 1 saturated heterocycles. The number of tetrazole rings is 1. The zero-order valence-electron chi connectivity index (χ0n) is 16.9. The summed E-state index contributed by atoms with van der Waals surface area (Å²) in [4.78, 5) is 17.2. The zero-order chi connectivity index (χ0) is 20.4. The molecule has 0 saturated carbocycles. The fourth-order valence-electron chi connectivity index (χ4n) is 3.61. The zero-order valence-corrected chi connectivity index (χ0v) is 17.7. The maximum absolute atomic E-state index is 12.9. The fraction of sp³-hybridized carbons (Fsp3) is 0.333. The number of piperazine rings is 1. The molecule has 0 bridgehead atoms. The van der Waals surface area contributed by atoms with Gasteiger partial charge in [-0.15, -0.1) is 5.10 Å². The molecule has 0 spiro atoms. The Morgan fingerprint density at radius 3 is 2.41 bits per heavy atom. The Morgan fingerprint density at radius 2 is 1.72 bits per heavy atom. The first-order valence-electron chi connectivity index (χ1n) is 9.61. The molecule has 29 heavy (non-hydrogen) atoms. The quantitative estimate of drug-likeness (QED) is 0.619.